The van der Waals surface area contributed by atoms with Crippen LogP contribution in [0.25, 0.3) is 0 Å². The highest BCUT2D eigenvalue weighted by molar-refractivity contribution is 5.35. The molecule has 0 aliphatic heterocycles. The van der Waals surface area contributed by atoms with E-state index in [1.54, 1.807) is 11.1 Å². The van der Waals surface area contributed by atoms with Crippen LogP contribution in [0, 0.1) is 5.92 Å². The molecule has 1 aromatic carbocycles. The van der Waals surface area contributed by atoms with E-state index in [2.05, 4.69) is 44.4 Å². The maximum absolute atomic E-state index is 3.48. The fraction of sp³-hybridized carbons (Fsp3) is 0.600. The predicted octanol–water partition coefficient (Wildman–Crippen LogP) is 3.48. The summed E-state index contributed by atoms with van der Waals surface area (Å²) in [5.41, 5.74) is 4.57. The Morgan fingerprint density at radius 3 is 2.88 bits per heavy atom. The van der Waals surface area contributed by atoms with E-state index in [0.29, 0.717) is 6.04 Å². The smallest absolute Gasteiger partial charge is 0.0322 e. The van der Waals surface area contributed by atoms with Crippen molar-refractivity contribution in [3.05, 3.63) is 34.9 Å². The summed E-state index contributed by atoms with van der Waals surface area (Å²) in [6.45, 7) is 4.60. The van der Waals surface area contributed by atoms with Crippen LogP contribution in [0.4, 0.5) is 0 Å². The predicted molar refractivity (Wildman–Crippen MR) is 69.7 cm³/mol. The second-order valence-electron chi connectivity index (χ2n) is 5.11. The lowest BCUT2D eigenvalue weighted by atomic mass is 9.95. The molecule has 1 heteroatoms. The molecule has 0 spiro atoms. The van der Waals surface area contributed by atoms with Crippen molar-refractivity contribution < 1.29 is 0 Å². The Labute approximate surface area is 99.3 Å². The van der Waals surface area contributed by atoms with Crippen molar-refractivity contribution in [2.75, 3.05) is 7.05 Å². The molecule has 0 heterocycles. The van der Waals surface area contributed by atoms with Gasteiger partial charge >= 0.3 is 0 Å². The van der Waals surface area contributed by atoms with Crippen molar-refractivity contribution in [1.82, 2.24) is 5.32 Å². The van der Waals surface area contributed by atoms with E-state index in [4.69, 9.17) is 0 Å². The van der Waals surface area contributed by atoms with Gasteiger partial charge in [-0.25, -0.2) is 0 Å². The number of rotatable bonds is 2. The molecule has 88 valence electrons. The van der Waals surface area contributed by atoms with Crippen LogP contribution in [0.15, 0.2) is 18.2 Å². The standard InChI is InChI=1S/C15H23N/c1-4-12-6-8-13-7-5-11(2)9-15(16-3)14(13)10-12/h6,8,10-11,15-16H,4-5,7,9H2,1-3H3. The van der Waals surface area contributed by atoms with Gasteiger partial charge in [0.15, 0.2) is 0 Å². The molecule has 2 rings (SSSR count). The van der Waals surface area contributed by atoms with E-state index in [1.165, 1.54) is 24.8 Å². The minimum absolute atomic E-state index is 0.555. The maximum Gasteiger partial charge on any atom is 0.0322 e. The molecule has 0 saturated heterocycles. The Hall–Kier alpha value is -0.820. The van der Waals surface area contributed by atoms with E-state index in [0.717, 1.165) is 12.3 Å². The Kier molecular flexibility index (Phi) is 3.65. The fourth-order valence-electron chi connectivity index (χ4n) is 2.74. The lowest BCUT2D eigenvalue weighted by molar-refractivity contribution is 0.428. The first-order valence-electron chi connectivity index (χ1n) is 6.53. The maximum atomic E-state index is 3.48. The van der Waals surface area contributed by atoms with Gasteiger partial charge in [0.25, 0.3) is 0 Å². The number of nitrogens with one attached hydrogen (secondary N) is 1. The minimum Gasteiger partial charge on any atom is -0.313 e. The van der Waals surface area contributed by atoms with Gasteiger partial charge in [-0.3, -0.25) is 0 Å². The number of benzene rings is 1. The lowest BCUT2D eigenvalue weighted by Crippen LogP contribution is -2.18. The number of hydrogen-bond donors (Lipinski definition) is 1. The summed E-state index contributed by atoms with van der Waals surface area (Å²) >= 11 is 0. The zero-order valence-corrected chi connectivity index (χ0v) is 10.7. The zero-order chi connectivity index (χ0) is 11.5. The summed E-state index contributed by atoms with van der Waals surface area (Å²) in [5.74, 6) is 0.829. The molecule has 16 heavy (non-hydrogen) atoms. The Bertz CT molecular complexity index is 356. The zero-order valence-electron chi connectivity index (χ0n) is 10.7. The second kappa shape index (κ2) is 5.01. The summed E-state index contributed by atoms with van der Waals surface area (Å²) in [6.07, 6.45) is 4.99. The van der Waals surface area contributed by atoms with Crippen LogP contribution in [-0.2, 0) is 12.8 Å². The topological polar surface area (TPSA) is 12.0 Å². The van der Waals surface area contributed by atoms with Crippen LogP contribution < -0.4 is 5.32 Å². The number of fused-ring (bicyclic) bond motifs is 1. The first-order valence-corrected chi connectivity index (χ1v) is 6.53. The van der Waals surface area contributed by atoms with Crippen LogP contribution in [0.1, 0.15) is 49.4 Å². The molecule has 0 saturated carbocycles. The number of hydrogen-bond acceptors (Lipinski definition) is 1. The fourth-order valence-corrected chi connectivity index (χ4v) is 2.74. The van der Waals surface area contributed by atoms with Crippen molar-refractivity contribution in [3.63, 3.8) is 0 Å². The Balaban J connectivity index is 2.37. The quantitative estimate of drug-likeness (QED) is 0.748. The molecule has 2 unspecified atom stereocenters. The van der Waals surface area contributed by atoms with Gasteiger partial charge in [0.1, 0.15) is 0 Å². The van der Waals surface area contributed by atoms with Crippen molar-refractivity contribution in [3.8, 4) is 0 Å². The molecule has 1 nitrogen and oxygen atoms in total. The highest BCUT2D eigenvalue weighted by Gasteiger charge is 2.21. The summed E-state index contributed by atoms with van der Waals surface area (Å²) in [4.78, 5) is 0. The van der Waals surface area contributed by atoms with Crippen molar-refractivity contribution >= 4 is 0 Å². The van der Waals surface area contributed by atoms with Crippen molar-refractivity contribution in [1.29, 1.82) is 0 Å². The SMILES string of the molecule is CCc1ccc2c(c1)C(NC)CC(C)CC2. The van der Waals surface area contributed by atoms with Crippen molar-refractivity contribution in [2.45, 2.75) is 45.6 Å². The highest BCUT2D eigenvalue weighted by atomic mass is 14.9. The van der Waals surface area contributed by atoms with Gasteiger partial charge < -0.3 is 5.32 Å². The van der Waals surface area contributed by atoms with Gasteiger partial charge in [0.2, 0.25) is 0 Å². The minimum atomic E-state index is 0.555. The molecular formula is C15H23N. The molecule has 1 aliphatic rings. The van der Waals surface area contributed by atoms with Gasteiger partial charge in [-0.2, -0.15) is 0 Å². The van der Waals surface area contributed by atoms with Crippen LogP contribution >= 0.6 is 0 Å². The molecule has 1 aliphatic carbocycles. The normalized spacial score (nSPS) is 24.9. The molecule has 0 amide bonds. The molecule has 1 aromatic rings. The van der Waals surface area contributed by atoms with Crippen molar-refractivity contribution in [2.24, 2.45) is 5.92 Å². The van der Waals surface area contributed by atoms with Crippen LogP contribution in [0.2, 0.25) is 0 Å². The third-order valence-electron chi connectivity index (χ3n) is 3.89. The van der Waals surface area contributed by atoms with E-state index < -0.39 is 0 Å². The van der Waals surface area contributed by atoms with E-state index in [1.807, 2.05) is 0 Å². The van der Waals surface area contributed by atoms with E-state index in [-0.39, 0.29) is 0 Å². The van der Waals surface area contributed by atoms with Crippen LogP contribution in [-0.4, -0.2) is 7.05 Å². The monoisotopic (exact) mass is 217 g/mol. The summed E-state index contributed by atoms with van der Waals surface area (Å²) < 4.78 is 0. The molecule has 1 N–H and O–H groups in total. The third kappa shape index (κ3) is 2.30. The molecule has 0 aromatic heterocycles. The molecule has 0 bridgehead atoms. The van der Waals surface area contributed by atoms with Gasteiger partial charge in [-0.05, 0) is 55.3 Å². The average Bonchev–Trinajstić information content (AvgIpc) is 2.48. The van der Waals surface area contributed by atoms with Gasteiger partial charge in [-0.15, -0.1) is 0 Å². The van der Waals surface area contributed by atoms with Crippen LogP contribution in [0.3, 0.4) is 0 Å². The molecule has 0 radical (unpaired) electrons. The first-order chi connectivity index (χ1) is 7.74. The Morgan fingerprint density at radius 1 is 1.38 bits per heavy atom. The summed E-state index contributed by atoms with van der Waals surface area (Å²) in [5, 5.41) is 3.48. The highest BCUT2D eigenvalue weighted by Crippen LogP contribution is 2.32. The molecular weight excluding hydrogens is 194 g/mol. The molecule has 2 atom stereocenters. The van der Waals surface area contributed by atoms with Gasteiger partial charge in [-0.1, -0.05) is 32.0 Å². The number of aryl methyl sites for hydroxylation is 2. The summed E-state index contributed by atoms with van der Waals surface area (Å²) in [7, 11) is 2.09. The third-order valence-corrected chi connectivity index (χ3v) is 3.89. The second-order valence-corrected chi connectivity index (χ2v) is 5.11. The summed E-state index contributed by atoms with van der Waals surface area (Å²) in [6, 6.07) is 7.60. The van der Waals surface area contributed by atoms with E-state index in [9.17, 15) is 0 Å². The lowest BCUT2D eigenvalue weighted by Gasteiger charge is -2.19. The van der Waals surface area contributed by atoms with Gasteiger partial charge in [0.05, 0.1) is 0 Å². The van der Waals surface area contributed by atoms with E-state index >= 15 is 0 Å². The Morgan fingerprint density at radius 2 is 2.19 bits per heavy atom. The first kappa shape index (κ1) is 11.7. The van der Waals surface area contributed by atoms with Gasteiger partial charge in [0, 0.05) is 6.04 Å². The van der Waals surface area contributed by atoms with Crippen LogP contribution in [0.5, 0.6) is 0 Å². The molecule has 0 fully saturated rings. The average molecular weight is 217 g/mol. The largest absolute Gasteiger partial charge is 0.313 e.